The Hall–Kier alpha value is -3.32. The number of hydrogen-bond donors (Lipinski definition) is 2. The van der Waals surface area contributed by atoms with E-state index in [0.29, 0.717) is 37.1 Å². The van der Waals surface area contributed by atoms with Gasteiger partial charge in [-0.25, -0.2) is 0 Å². The van der Waals surface area contributed by atoms with Gasteiger partial charge in [0.25, 0.3) is 11.7 Å². The molecule has 7 nitrogen and oxygen atoms in total. The first-order valence-electron chi connectivity index (χ1n) is 10.3. The molecule has 0 aromatic heterocycles. The van der Waals surface area contributed by atoms with Crippen molar-refractivity contribution in [2.45, 2.75) is 31.9 Å². The molecule has 2 aliphatic heterocycles. The van der Waals surface area contributed by atoms with Crippen LogP contribution in [-0.2, 0) is 20.7 Å². The summed E-state index contributed by atoms with van der Waals surface area (Å²) in [7, 11) is 1.57. The molecule has 0 radical (unpaired) electrons. The number of amides is 1. The number of carbonyl (C=O) groups excluding carboxylic acids is 2. The van der Waals surface area contributed by atoms with Gasteiger partial charge in [0, 0.05) is 32.2 Å². The van der Waals surface area contributed by atoms with Crippen molar-refractivity contribution in [3.05, 3.63) is 64.7 Å². The Balaban J connectivity index is 1.79. The summed E-state index contributed by atoms with van der Waals surface area (Å²) >= 11 is 0. The highest BCUT2D eigenvalue weighted by Gasteiger charge is 2.45. The Morgan fingerprint density at radius 2 is 1.94 bits per heavy atom. The van der Waals surface area contributed by atoms with Crippen molar-refractivity contribution in [1.29, 1.82) is 0 Å². The maximum Gasteiger partial charge on any atom is 0.295 e. The van der Waals surface area contributed by atoms with E-state index >= 15 is 0 Å². The number of phenolic OH excluding ortho intramolecular Hbond substituents is 1. The summed E-state index contributed by atoms with van der Waals surface area (Å²) in [6.45, 7) is 2.71. The van der Waals surface area contributed by atoms with E-state index in [9.17, 15) is 19.8 Å². The summed E-state index contributed by atoms with van der Waals surface area (Å²) in [5.41, 5.74) is 2.09. The first-order valence-corrected chi connectivity index (χ1v) is 10.3. The predicted molar refractivity (Wildman–Crippen MR) is 114 cm³/mol. The SMILES string of the molecule is COCCCN1C(=O)C(=O)/C(=C(\O)c2ccc3c(c2)CC(C)O3)C1c1ccc(O)cc1. The number of methoxy groups -OCH3 is 1. The molecule has 1 fully saturated rings. The van der Waals surface area contributed by atoms with Crippen LogP contribution in [0.25, 0.3) is 5.76 Å². The zero-order valence-electron chi connectivity index (χ0n) is 17.5. The normalized spacial score (nSPS) is 21.9. The van der Waals surface area contributed by atoms with Gasteiger partial charge in [0.05, 0.1) is 11.6 Å². The number of likely N-dealkylation sites (tertiary alicyclic amines) is 1. The number of aliphatic hydroxyl groups is 1. The monoisotopic (exact) mass is 423 g/mol. The van der Waals surface area contributed by atoms with E-state index in [-0.39, 0.29) is 23.2 Å². The minimum absolute atomic E-state index is 0.0417. The minimum Gasteiger partial charge on any atom is -0.508 e. The number of nitrogens with zero attached hydrogens (tertiary/aromatic N) is 1. The quantitative estimate of drug-likeness (QED) is 0.321. The Kier molecular flexibility index (Phi) is 5.69. The number of carbonyl (C=O) groups is 2. The van der Waals surface area contributed by atoms with Crippen LogP contribution in [0.2, 0.25) is 0 Å². The number of Topliss-reactive ketones (excluding diaryl/α,β-unsaturated/α-hetero) is 1. The average Bonchev–Trinajstić information content (AvgIpc) is 3.25. The van der Waals surface area contributed by atoms with Crippen LogP contribution in [0.5, 0.6) is 11.5 Å². The number of phenols is 1. The molecule has 2 aliphatic rings. The molecule has 0 saturated carbocycles. The number of ketones is 1. The van der Waals surface area contributed by atoms with Gasteiger partial charge in [-0.1, -0.05) is 12.1 Å². The molecular weight excluding hydrogens is 398 g/mol. The molecule has 0 aliphatic carbocycles. The number of aliphatic hydroxyl groups excluding tert-OH is 1. The molecule has 1 saturated heterocycles. The van der Waals surface area contributed by atoms with Crippen molar-refractivity contribution in [3.8, 4) is 11.5 Å². The van der Waals surface area contributed by atoms with Crippen molar-refractivity contribution >= 4 is 17.4 Å². The number of ether oxygens (including phenoxy) is 2. The van der Waals surface area contributed by atoms with Gasteiger partial charge in [-0.15, -0.1) is 0 Å². The fraction of sp³-hybridized carbons (Fsp3) is 0.333. The van der Waals surface area contributed by atoms with Gasteiger partial charge in [-0.05, 0) is 54.8 Å². The van der Waals surface area contributed by atoms with Gasteiger partial charge in [0.1, 0.15) is 23.4 Å². The molecule has 2 atom stereocenters. The van der Waals surface area contributed by atoms with Crippen molar-refractivity contribution in [1.82, 2.24) is 4.90 Å². The molecule has 2 N–H and O–H groups in total. The van der Waals surface area contributed by atoms with Crippen molar-refractivity contribution in [2.75, 3.05) is 20.3 Å². The van der Waals surface area contributed by atoms with Gasteiger partial charge in [0.2, 0.25) is 0 Å². The van der Waals surface area contributed by atoms with Gasteiger partial charge >= 0.3 is 0 Å². The summed E-state index contributed by atoms with van der Waals surface area (Å²) in [5.74, 6) is -0.757. The highest BCUT2D eigenvalue weighted by atomic mass is 16.5. The van der Waals surface area contributed by atoms with Crippen molar-refractivity contribution in [3.63, 3.8) is 0 Å². The lowest BCUT2D eigenvalue weighted by Gasteiger charge is -2.25. The topological polar surface area (TPSA) is 96.3 Å². The number of fused-ring (bicyclic) bond motifs is 1. The smallest absolute Gasteiger partial charge is 0.295 e. The Bertz CT molecular complexity index is 1040. The van der Waals surface area contributed by atoms with Crippen LogP contribution in [0, 0.1) is 0 Å². The zero-order chi connectivity index (χ0) is 22.1. The summed E-state index contributed by atoms with van der Waals surface area (Å²) in [4.78, 5) is 27.3. The van der Waals surface area contributed by atoms with E-state index in [1.54, 1.807) is 37.4 Å². The molecule has 4 rings (SSSR count). The molecule has 162 valence electrons. The number of hydrogen-bond acceptors (Lipinski definition) is 6. The average molecular weight is 423 g/mol. The number of aromatic hydroxyl groups is 1. The number of rotatable bonds is 6. The molecule has 0 spiro atoms. The molecule has 2 heterocycles. The molecule has 1 amide bonds. The fourth-order valence-electron chi connectivity index (χ4n) is 4.22. The van der Waals surface area contributed by atoms with Crippen LogP contribution >= 0.6 is 0 Å². The van der Waals surface area contributed by atoms with Gasteiger partial charge < -0.3 is 24.6 Å². The lowest BCUT2D eigenvalue weighted by atomic mass is 9.94. The van der Waals surface area contributed by atoms with E-state index in [1.165, 1.54) is 17.0 Å². The van der Waals surface area contributed by atoms with Gasteiger partial charge in [-0.2, -0.15) is 0 Å². The summed E-state index contributed by atoms with van der Waals surface area (Å²) in [5, 5.41) is 20.8. The van der Waals surface area contributed by atoms with Crippen LogP contribution in [0.4, 0.5) is 0 Å². The van der Waals surface area contributed by atoms with Crippen molar-refractivity contribution in [2.24, 2.45) is 0 Å². The van der Waals surface area contributed by atoms with Crippen LogP contribution in [0.1, 0.15) is 36.1 Å². The summed E-state index contributed by atoms with van der Waals surface area (Å²) < 4.78 is 10.8. The van der Waals surface area contributed by atoms with Crippen LogP contribution in [0.15, 0.2) is 48.0 Å². The molecule has 31 heavy (non-hydrogen) atoms. The van der Waals surface area contributed by atoms with Crippen LogP contribution in [0.3, 0.4) is 0 Å². The molecule has 2 unspecified atom stereocenters. The van der Waals surface area contributed by atoms with Gasteiger partial charge in [0.15, 0.2) is 0 Å². The maximum atomic E-state index is 13.0. The minimum atomic E-state index is -0.749. The van der Waals surface area contributed by atoms with Crippen LogP contribution < -0.4 is 4.74 Å². The highest BCUT2D eigenvalue weighted by Crippen LogP contribution is 2.41. The third-order valence-electron chi connectivity index (χ3n) is 5.67. The van der Waals surface area contributed by atoms with E-state index < -0.39 is 17.7 Å². The molecule has 2 aromatic carbocycles. The first kappa shape index (κ1) is 20.9. The predicted octanol–water partition coefficient (Wildman–Crippen LogP) is 3.17. The molecular formula is C24H25NO6. The second-order valence-electron chi connectivity index (χ2n) is 7.89. The highest BCUT2D eigenvalue weighted by molar-refractivity contribution is 6.46. The zero-order valence-corrected chi connectivity index (χ0v) is 17.5. The van der Waals surface area contributed by atoms with E-state index in [4.69, 9.17) is 9.47 Å². The molecule has 0 bridgehead atoms. The van der Waals surface area contributed by atoms with Gasteiger partial charge in [-0.3, -0.25) is 9.59 Å². The van der Waals surface area contributed by atoms with E-state index in [1.807, 2.05) is 6.92 Å². The second kappa shape index (κ2) is 8.43. The molecule has 7 heteroatoms. The lowest BCUT2D eigenvalue weighted by Crippen LogP contribution is -2.31. The third kappa shape index (κ3) is 3.88. The summed E-state index contributed by atoms with van der Waals surface area (Å²) in [6, 6.07) is 10.8. The summed E-state index contributed by atoms with van der Waals surface area (Å²) in [6.07, 6.45) is 1.31. The Morgan fingerprint density at radius 3 is 2.65 bits per heavy atom. The standard InChI is InChI=1S/C24H25NO6/c1-14-12-17-13-16(6-9-19(17)31-14)22(27)20-21(15-4-7-18(26)8-5-15)25(10-3-11-30-2)24(29)23(20)28/h4-9,13-14,21,26-27H,3,10-12H2,1-2H3/b22-20-. The largest absolute Gasteiger partial charge is 0.508 e. The van der Waals surface area contributed by atoms with Crippen molar-refractivity contribution < 1.29 is 29.3 Å². The Morgan fingerprint density at radius 1 is 1.19 bits per heavy atom. The Labute approximate surface area is 180 Å². The maximum absolute atomic E-state index is 13.0. The molecule has 2 aromatic rings. The van der Waals surface area contributed by atoms with E-state index in [2.05, 4.69) is 0 Å². The van der Waals surface area contributed by atoms with E-state index in [0.717, 1.165) is 11.3 Å². The third-order valence-corrected chi connectivity index (χ3v) is 5.67. The fourth-order valence-corrected chi connectivity index (χ4v) is 4.22. The second-order valence-corrected chi connectivity index (χ2v) is 7.89. The number of benzene rings is 2. The first-order chi connectivity index (χ1) is 14.9. The lowest BCUT2D eigenvalue weighted by molar-refractivity contribution is -0.140. The van der Waals surface area contributed by atoms with Crippen LogP contribution in [-0.4, -0.2) is 53.2 Å².